The third kappa shape index (κ3) is 3.54. The fourth-order valence-corrected chi connectivity index (χ4v) is 1.85. The van der Waals surface area contributed by atoms with Crippen molar-refractivity contribution in [1.29, 1.82) is 0 Å². The van der Waals surface area contributed by atoms with Crippen LogP contribution in [0.15, 0.2) is 24.3 Å². The molecule has 1 rings (SSSR count). The Morgan fingerprint density at radius 2 is 2.05 bits per heavy atom. The molecule has 20 heavy (non-hydrogen) atoms. The molecule has 0 saturated carbocycles. The lowest BCUT2D eigenvalue weighted by Gasteiger charge is -2.29. The Morgan fingerprint density at radius 1 is 1.45 bits per heavy atom. The number of halogens is 1. The van der Waals surface area contributed by atoms with Crippen LogP contribution in [0.1, 0.15) is 25.8 Å². The molecule has 1 amide bonds. The van der Waals surface area contributed by atoms with Gasteiger partial charge in [-0.25, -0.2) is 4.39 Å². The Kier molecular flexibility index (Phi) is 5.21. The molecule has 110 valence electrons. The monoisotopic (exact) mass is 283 g/mol. The zero-order valence-electron chi connectivity index (χ0n) is 11.6. The number of aliphatic carboxylic acids is 1. The number of carboxylic acids is 1. The fraction of sp³-hybridized carbons (Fsp3) is 0.429. The van der Waals surface area contributed by atoms with Crippen molar-refractivity contribution < 1.29 is 23.8 Å². The van der Waals surface area contributed by atoms with Gasteiger partial charge in [0, 0.05) is 18.7 Å². The van der Waals surface area contributed by atoms with E-state index in [9.17, 15) is 14.0 Å². The number of carbonyl (C=O) groups excluding carboxylic acids is 1. The summed E-state index contributed by atoms with van der Waals surface area (Å²) in [5.74, 6) is -2.17. The van der Waals surface area contributed by atoms with Crippen molar-refractivity contribution in [3.63, 3.8) is 0 Å². The Morgan fingerprint density at radius 3 is 2.55 bits per heavy atom. The number of carboxylic acid groups (broad SMARTS) is 1. The molecule has 0 spiro atoms. The van der Waals surface area contributed by atoms with Crippen molar-refractivity contribution in [3.8, 4) is 0 Å². The number of hydrogen-bond acceptors (Lipinski definition) is 3. The van der Waals surface area contributed by atoms with Crippen LogP contribution < -0.4 is 5.32 Å². The van der Waals surface area contributed by atoms with Crippen LogP contribution >= 0.6 is 0 Å². The zero-order valence-corrected chi connectivity index (χ0v) is 11.6. The minimum absolute atomic E-state index is 0.0996. The average molecular weight is 283 g/mol. The van der Waals surface area contributed by atoms with Crippen LogP contribution in [0.4, 0.5) is 4.39 Å². The minimum atomic E-state index is -1.52. The number of ether oxygens (including phenoxy) is 1. The molecule has 1 aromatic carbocycles. The van der Waals surface area contributed by atoms with E-state index in [1.807, 2.05) is 0 Å². The van der Waals surface area contributed by atoms with Crippen LogP contribution in [0.2, 0.25) is 0 Å². The third-order valence-corrected chi connectivity index (χ3v) is 3.09. The summed E-state index contributed by atoms with van der Waals surface area (Å²) in [5.41, 5.74) is -1.42. The number of nitrogens with one attached hydrogen (secondary N) is 1. The summed E-state index contributed by atoms with van der Waals surface area (Å²) in [7, 11) is 1.30. The van der Waals surface area contributed by atoms with E-state index in [1.165, 1.54) is 32.2 Å². The SMILES string of the molecule is COC(C)(C(=O)NC(C)CC(=O)O)c1ccccc1F. The van der Waals surface area contributed by atoms with Crippen LogP contribution in [-0.2, 0) is 19.9 Å². The molecule has 0 fully saturated rings. The lowest BCUT2D eigenvalue weighted by atomic mass is 9.93. The highest BCUT2D eigenvalue weighted by Gasteiger charge is 2.38. The van der Waals surface area contributed by atoms with Gasteiger partial charge in [0.1, 0.15) is 5.82 Å². The summed E-state index contributed by atoms with van der Waals surface area (Å²) in [6.45, 7) is 3.00. The molecule has 0 aromatic heterocycles. The first-order valence-electron chi connectivity index (χ1n) is 6.14. The molecule has 6 heteroatoms. The van der Waals surface area contributed by atoms with E-state index in [-0.39, 0.29) is 12.0 Å². The van der Waals surface area contributed by atoms with Crippen molar-refractivity contribution in [1.82, 2.24) is 5.32 Å². The Balaban J connectivity index is 2.97. The van der Waals surface area contributed by atoms with Crippen LogP contribution in [0, 0.1) is 5.82 Å². The molecule has 0 bridgehead atoms. The first-order valence-corrected chi connectivity index (χ1v) is 6.14. The van der Waals surface area contributed by atoms with E-state index in [2.05, 4.69) is 5.32 Å². The van der Waals surface area contributed by atoms with Gasteiger partial charge in [0.05, 0.1) is 6.42 Å². The Labute approximate surface area is 116 Å². The second-order valence-electron chi connectivity index (χ2n) is 4.69. The van der Waals surface area contributed by atoms with Gasteiger partial charge in [-0.1, -0.05) is 18.2 Å². The molecule has 0 radical (unpaired) electrons. The van der Waals surface area contributed by atoms with Gasteiger partial charge in [0.15, 0.2) is 5.60 Å². The number of rotatable bonds is 6. The molecule has 2 unspecified atom stereocenters. The van der Waals surface area contributed by atoms with Gasteiger partial charge in [0.2, 0.25) is 0 Å². The maximum atomic E-state index is 13.8. The smallest absolute Gasteiger partial charge is 0.305 e. The molecule has 0 saturated heterocycles. The van der Waals surface area contributed by atoms with E-state index in [0.717, 1.165) is 0 Å². The summed E-state index contributed by atoms with van der Waals surface area (Å²) in [4.78, 5) is 22.8. The second kappa shape index (κ2) is 6.47. The lowest BCUT2D eigenvalue weighted by molar-refractivity contribution is -0.144. The minimum Gasteiger partial charge on any atom is -0.481 e. The molecule has 2 N–H and O–H groups in total. The summed E-state index contributed by atoms with van der Waals surface area (Å²) in [6.07, 6.45) is -0.219. The van der Waals surface area contributed by atoms with Crippen LogP contribution in [0.5, 0.6) is 0 Å². The number of methoxy groups -OCH3 is 1. The standard InChI is InChI=1S/C14H18FNO4/c1-9(8-12(17)18)16-13(19)14(2,20-3)10-6-4-5-7-11(10)15/h4-7,9H,8H2,1-3H3,(H,16,19)(H,17,18). The summed E-state index contributed by atoms with van der Waals surface area (Å²) in [6, 6.07) is 5.23. The van der Waals surface area contributed by atoms with Gasteiger partial charge >= 0.3 is 5.97 Å². The van der Waals surface area contributed by atoms with Gasteiger partial charge in [0.25, 0.3) is 5.91 Å². The first kappa shape index (κ1) is 16.1. The summed E-state index contributed by atoms with van der Waals surface area (Å²) < 4.78 is 19.0. The molecule has 2 atom stereocenters. The van der Waals surface area contributed by atoms with Crippen molar-refractivity contribution in [3.05, 3.63) is 35.6 Å². The van der Waals surface area contributed by atoms with Crippen molar-refractivity contribution in [2.45, 2.75) is 31.9 Å². The number of carbonyl (C=O) groups is 2. The highest BCUT2D eigenvalue weighted by molar-refractivity contribution is 5.86. The van der Waals surface area contributed by atoms with Crippen LogP contribution in [0.25, 0.3) is 0 Å². The second-order valence-corrected chi connectivity index (χ2v) is 4.69. The molecule has 0 heterocycles. The van der Waals surface area contributed by atoms with Gasteiger partial charge in [-0.15, -0.1) is 0 Å². The topological polar surface area (TPSA) is 75.6 Å². The Bertz CT molecular complexity index is 506. The molecule has 0 aliphatic carbocycles. The van der Waals surface area contributed by atoms with E-state index in [0.29, 0.717) is 0 Å². The maximum absolute atomic E-state index is 13.8. The van der Waals surface area contributed by atoms with Crippen molar-refractivity contribution >= 4 is 11.9 Å². The zero-order chi connectivity index (χ0) is 15.3. The summed E-state index contributed by atoms with van der Waals surface area (Å²) >= 11 is 0. The number of amides is 1. The highest BCUT2D eigenvalue weighted by atomic mass is 19.1. The largest absolute Gasteiger partial charge is 0.481 e. The molecule has 0 aliphatic rings. The molecular formula is C14H18FNO4. The molecule has 1 aromatic rings. The van der Waals surface area contributed by atoms with E-state index >= 15 is 0 Å². The van der Waals surface area contributed by atoms with Crippen molar-refractivity contribution in [2.24, 2.45) is 0 Å². The Hall–Kier alpha value is -1.95. The van der Waals surface area contributed by atoms with Crippen molar-refractivity contribution in [2.75, 3.05) is 7.11 Å². The van der Waals surface area contributed by atoms with Crippen LogP contribution in [0.3, 0.4) is 0 Å². The fourth-order valence-electron chi connectivity index (χ4n) is 1.85. The number of hydrogen-bond donors (Lipinski definition) is 2. The number of benzene rings is 1. The van der Waals surface area contributed by atoms with Gasteiger partial charge in [-0.05, 0) is 19.9 Å². The quantitative estimate of drug-likeness (QED) is 0.832. The van der Waals surface area contributed by atoms with E-state index in [1.54, 1.807) is 13.0 Å². The highest BCUT2D eigenvalue weighted by Crippen LogP contribution is 2.27. The lowest BCUT2D eigenvalue weighted by Crippen LogP contribution is -2.47. The first-order chi connectivity index (χ1) is 9.31. The van der Waals surface area contributed by atoms with Gasteiger partial charge in [-0.2, -0.15) is 0 Å². The van der Waals surface area contributed by atoms with Crippen LogP contribution in [-0.4, -0.2) is 30.1 Å². The molecular weight excluding hydrogens is 265 g/mol. The predicted molar refractivity (Wildman–Crippen MR) is 70.6 cm³/mol. The third-order valence-electron chi connectivity index (χ3n) is 3.09. The summed E-state index contributed by atoms with van der Waals surface area (Å²) in [5, 5.41) is 11.2. The van der Waals surface area contributed by atoms with Gasteiger partial charge < -0.3 is 15.2 Å². The normalized spacial score (nSPS) is 15.2. The van der Waals surface area contributed by atoms with Gasteiger partial charge in [-0.3, -0.25) is 9.59 Å². The average Bonchev–Trinajstić information content (AvgIpc) is 2.37. The molecule has 5 nitrogen and oxygen atoms in total. The van der Waals surface area contributed by atoms with E-state index in [4.69, 9.17) is 9.84 Å². The maximum Gasteiger partial charge on any atom is 0.305 e. The predicted octanol–water partition coefficient (Wildman–Crippen LogP) is 1.67. The van der Waals surface area contributed by atoms with E-state index < -0.39 is 29.3 Å². The molecule has 0 aliphatic heterocycles.